The van der Waals surface area contributed by atoms with Crippen LogP contribution in [-0.4, -0.2) is 4.98 Å². The summed E-state index contributed by atoms with van der Waals surface area (Å²) in [5.41, 5.74) is 0.492. The molecule has 2 nitrogen and oxygen atoms in total. The quantitative estimate of drug-likeness (QED) is 0.770. The summed E-state index contributed by atoms with van der Waals surface area (Å²) in [6.45, 7) is 2.22. The van der Waals surface area contributed by atoms with Crippen LogP contribution in [0.4, 0.5) is 13.2 Å². The summed E-state index contributed by atoms with van der Waals surface area (Å²) in [7, 11) is 0. The highest BCUT2D eigenvalue weighted by Crippen LogP contribution is 2.73. The Hall–Kier alpha value is -1.52. The molecule has 0 amide bonds. The van der Waals surface area contributed by atoms with E-state index < -0.39 is 11.7 Å². The summed E-state index contributed by atoms with van der Waals surface area (Å²) in [5, 5.41) is 0. The first-order valence-electron chi connectivity index (χ1n) is 6.28. The van der Waals surface area contributed by atoms with Crippen LogP contribution in [0.3, 0.4) is 0 Å². The molecular formula is C14H12F3NO. The van der Waals surface area contributed by atoms with Crippen LogP contribution >= 0.6 is 0 Å². The Balaban J connectivity index is 1.76. The van der Waals surface area contributed by atoms with Crippen molar-refractivity contribution in [3.8, 4) is 0 Å². The maximum Gasteiger partial charge on any atom is 0.416 e. The Labute approximate surface area is 107 Å². The smallest absolute Gasteiger partial charge is 0.416 e. The Morgan fingerprint density at radius 3 is 2.47 bits per heavy atom. The molecule has 19 heavy (non-hydrogen) atoms. The molecule has 0 spiro atoms. The number of rotatable bonds is 1. The molecule has 0 saturated heterocycles. The minimum absolute atomic E-state index is 0.00612. The van der Waals surface area contributed by atoms with Gasteiger partial charge in [0.15, 0.2) is 5.58 Å². The molecule has 0 unspecified atom stereocenters. The van der Waals surface area contributed by atoms with Gasteiger partial charge in [-0.05, 0) is 42.9 Å². The molecule has 2 bridgehead atoms. The largest absolute Gasteiger partial charge is 0.440 e. The van der Waals surface area contributed by atoms with E-state index in [9.17, 15) is 13.2 Å². The lowest BCUT2D eigenvalue weighted by Gasteiger charge is -2.67. The summed E-state index contributed by atoms with van der Waals surface area (Å²) in [6.07, 6.45) is -1.21. The predicted molar refractivity (Wildman–Crippen MR) is 62.6 cm³/mol. The van der Waals surface area contributed by atoms with E-state index in [0.717, 1.165) is 31.4 Å². The zero-order valence-corrected chi connectivity index (χ0v) is 10.3. The molecule has 100 valence electrons. The van der Waals surface area contributed by atoms with Crippen LogP contribution < -0.4 is 0 Å². The van der Waals surface area contributed by atoms with E-state index in [1.165, 1.54) is 6.07 Å². The highest BCUT2D eigenvalue weighted by molar-refractivity contribution is 5.74. The summed E-state index contributed by atoms with van der Waals surface area (Å²) in [5.74, 6) is 0.616. The number of oxazole rings is 1. The van der Waals surface area contributed by atoms with Gasteiger partial charge in [-0.1, -0.05) is 6.92 Å². The van der Waals surface area contributed by atoms with Gasteiger partial charge in [-0.2, -0.15) is 13.2 Å². The highest BCUT2D eigenvalue weighted by atomic mass is 19.4. The monoisotopic (exact) mass is 267 g/mol. The molecule has 1 heterocycles. The summed E-state index contributed by atoms with van der Waals surface area (Å²) in [6, 6.07) is 3.47. The van der Waals surface area contributed by atoms with Gasteiger partial charge in [0.1, 0.15) is 5.52 Å². The van der Waals surface area contributed by atoms with Crippen molar-refractivity contribution < 1.29 is 17.6 Å². The summed E-state index contributed by atoms with van der Waals surface area (Å²) >= 11 is 0. The zero-order chi connectivity index (χ0) is 13.5. The first-order chi connectivity index (χ1) is 8.80. The second-order valence-electron chi connectivity index (χ2n) is 6.32. The van der Waals surface area contributed by atoms with Crippen LogP contribution in [0, 0.1) is 5.41 Å². The second kappa shape index (κ2) is 2.97. The average Bonchev–Trinajstić information content (AvgIpc) is 2.64. The zero-order valence-electron chi connectivity index (χ0n) is 10.3. The normalized spacial score (nSPS) is 33.1. The minimum atomic E-state index is -4.34. The van der Waals surface area contributed by atoms with Crippen molar-refractivity contribution >= 4 is 11.1 Å². The van der Waals surface area contributed by atoms with Crippen molar-refractivity contribution in [2.24, 2.45) is 5.41 Å². The van der Waals surface area contributed by atoms with Gasteiger partial charge in [0.05, 0.1) is 5.56 Å². The fourth-order valence-electron chi connectivity index (χ4n) is 3.85. The van der Waals surface area contributed by atoms with Crippen LogP contribution in [-0.2, 0) is 11.6 Å². The number of hydrogen-bond acceptors (Lipinski definition) is 2. The van der Waals surface area contributed by atoms with Crippen LogP contribution in [0.1, 0.15) is 37.6 Å². The topological polar surface area (TPSA) is 26.0 Å². The Kier molecular flexibility index (Phi) is 1.77. The fourth-order valence-corrected chi connectivity index (χ4v) is 3.85. The van der Waals surface area contributed by atoms with E-state index in [4.69, 9.17) is 4.42 Å². The third kappa shape index (κ3) is 1.41. The van der Waals surface area contributed by atoms with Gasteiger partial charge >= 0.3 is 6.18 Å². The third-order valence-electron chi connectivity index (χ3n) is 4.46. The van der Waals surface area contributed by atoms with Gasteiger partial charge in [-0.25, -0.2) is 4.98 Å². The standard InChI is InChI=1S/C14H12F3NO/c1-12-5-13(6-12,7-12)11-18-9-4-8(14(15,16)17)2-3-10(9)19-11/h2-4H,5-7H2,1H3. The van der Waals surface area contributed by atoms with Gasteiger partial charge in [0.2, 0.25) is 5.89 Å². The van der Waals surface area contributed by atoms with Crippen molar-refractivity contribution in [1.82, 2.24) is 4.98 Å². The van der Waals surface area contributed by atoms with E-state index in [2.05, 4.69) is 11.9 Å². The predicted octanol–water partition coefficient (Wildman–Crippen LogP) is 4.29. The molecule has 3 aliphatic carbocycles. The number of halogens is 3. The first kappa shape index (κ1) is 11.3. The molecule has 1 aromatic heterocycles. The summed E-state index contributed by atoms with van der Waals surface area (Å²) < 4.78 is 43.5. The van der Waals surface area contributed by atoms with Crippen LogP contribution in [0.5, 0.6) is 0 Å². The molecule has 0 radical (unpaired) electrons. The van der Waals surface area contributed by atoms with E-state index >= 15 is 0 Å². The Morgan fingerprint density at radius 1 is 1.21 bits per heavy atom. The van der Waals surface area contributed by atoms with Gasteiger partial charge < -0.3 is 4.42 Å². The molecule has 3 fully saturated rings. The third-order valence-corrected chi connectivity index (χ3v) is 4.46. The van der Waals surface area contributed by atoms with Crippen molar-refractivity contribution in [3.05, 3.63) is 29.7 Å². The highest BCUT2D eigenvalue weighted by Gasteiger charge is 2.68. The van der Waals surface area contributed by atoms with Crippen molar-refractivity contribution in [2.45, 2.75) is 37.8 Å². The number of hydrogen-bond donors (Lipinski definition) is 0. The second-order valence-corrected chi connectivity index (χ2v) is 6.32. The Morgan fingerprint density at radius 2 is 1.89 bits per heavy atom. The molecule has 5 rings (SSSR count). The van der Waals surface area contributed by atoms with Gasteiger partial charge in [0, 0.05) is 5.41 Å². The number of nitrogens with zero attached hydrogens (tertiary/aromatic N) is 1. The number of benzene rings is 1. The van der Waals surface area contributed by atoms with Gasteiger partial charge in [-0.3, -0.25) is 0 Å². The molecule has 0 N–H and O–H groups in total. The number of aromatic nitrogens is 1. The van der Waals surface area contributed by atoms with Gasteiger partial charge in [0.25, 0.3) is 0 Å². The molecule has 2 aromatic rings. The maximum atomic E-state index is 12.6. The van der Waals surface area contributed by atoms with Crippen LogP contribution in [0.15, 0.2) is 22.6 Å². The van der Waals surface area contributed by atoms with Crippen LogP contribution in [0.25, 0.3) is 11.1 Å². The SMILES string of the molecule is CC12CC(c3nc4cc(C(F)(F)F)ccc4o3)(C1)C2. The van der Waals surface area contributed by atoms with E-state index in [-0.39, 0.29) is 5.41 Å². The lowest BCUT2D eigenvalue weighted by Crippen LogP contribution is -2.63. The van der Waals surface area contributed by atoms with Crippen molar-refractivity contribution in [3.63, 3.8) is 0 Å². The Bertz CT molecular complexity index is 666. The number of fused-ring (bicyclic) bond motifs is 1. The lowest BCUT2D eigenvalue weighted by molar-refractivity contribution is -0.139. The molecular weight excluding hydrogens is 255 g/mol. The molecule has 3 aliphatic rings. The summed E-state index contributed by atoms with van der Waals surface area (Å²) in [4.78, 5) is 4.28. The fraction of sp³-hybridized carbons (Fsp3) is 0.500. The van der Waals surface area contributed by atoms with Gasteiger partial charge in [-0.15, -0.1) is 0 Å². The van der Waals surface area contributed by atoms with Crippen molar-refractivity contribution in [2.75, 3.05) is 0 Å². The van der Waals surface area contributed by atoms with E-state index in [0.29, 0.717) is 22.4 Å². The number of alkyl halides is 3. The molecule has 1 aromatic carbocycles. The van der Waals surface area contributed by atoms with Crippen LogP contribution in [0.2, 0.25) is 0 Å². The minimum Gasteiger partial charge on any atom is -0.440 e. The molecule has 0 aliphatic heterocycles. The molecule has 3 saturated carbocycles. The van der Waals surface area contributed by atoms with Crippen molar-refractivity contribution in [1.29, 1.82) is 0 Å². The first-order valence-corrected chi connectivity index (χ1v) is 6.28. The maximum absolute atomic E-state index is 12.6. The van der Waals surface area contributed by atoms with E-state index in [1.54, 1.807) is 0 Å². The van der Waals surface area contributed by atoms with E-state index in [1.807, 2.05) is 0 Å². The average molecular weight is 267 g/mol. The molecule has 0 atom stereocenters. The lowest BCUT2D eigenvalue weighted by atomic mass is 9.36. The molecule has 5 heteroatoms.